The van der Waals surface area contributed by atoms with Crippen LogP contribution in [0.15, 0.2) is 54.6 Å². The van der Waals surface area contributed by atoms with E-state index in [4.69, 9.17) is 9.47 Å². The van der Waals surface area contributed by atoms with Gasteiger partial charge in [0.2, 0.25) is 0 Å². The molecule has 0 bridgehead atoms. The Labute approximate surface area is 159 Å². The number of rotatable bonds is 8. The zero-order valence-electron chi connectivity index (χ0n) is 16.6. The first kappa shape index (κ1) is 19.3. The molecule has 0 saturated carbocycles. The molecule has 0 amide bonds. The van der Waals surface area contributed by atoms with Gasteiger partial charge in [0.05, 0.1) is 14.2 Å². The Morgan fingerprint density at radius 3 is 2.15 bits per heavy atom. The van der Waals surface area contributed by atoms with Gasteiger partial charge in [0, 0.05) is 12.1 Å². The fourth-order valence-corrected chi connectivity index (χ4v) is 10.9. The van der Waals surface area contributed by atoms with Crippen molar-refractivity contribution in [3.63, 3.8) is 0 Å². The fraction of sp³-hybridized carbons (Fsp3) is 0.478. The van der Waals surface area contributed by atoms with Gasteiger partial charge in [-0.3, -0.25) is 0 Å². The summed E-state index contributed by atoms with van der Waals surface area (Å²) in [4.78, 5) is 0. The van der Waals surface area contributed by atoms with E-state index in [0.29, 0.717) is 6.79 Å². The highest BCUT2D eigenvalue weighted by Crippen LogP contribution is 2.57. The van der Waals surface area contributed by atoms with Gasteiger partial charge in [0.15, 0.2) is 0 Å². The summed E-state index contributed by atoms with van der Waals surface area (Å²) in [5, 5.41) is 0.113. The molecular weight excluding hydrogens is 336 g/mol. The van der Waals surface area contributed by atoms with Crippen molar-refractivity contribution in [3.05, 3.63) is 71.3 Å². The molecule has 1 aliphatic carbocycles. The Morgan fingerprint density at radius 1 is 0.923 bits per heavy atom. The maximum atomic E-state index is 6.18. The zero-order valence-corrected chi connectivity index (χ0v) is 17.6. The van der Waals surface area contributed by atoms with Crippen LogP contribution in [0.1, 0.15) is 50.0 Å². The molecule has 2 nitrogen and oxygen atoms in total. The van der Waals surface area contributed by atoms with Crippen LogP contribution in [-0.2, 0) is 14.5 Å². The molecule has 3 rings (SSSR count). The first-order valence-electron chi connectivity index (χ1n) is 9.94. The van der Waals surface area contributed by atoms with Crippen LogP contribution in [0.2, 0.25) is 18.1 Å². The summed E-state index contributed by atoms with van der Waals surface area (Å²) < 4.78 is 11.4. The standard InChI is InChI=1S/C23H32O2Si/c1-5-26(6-2,7-3)23(19-13-9-8-10-14-19)17-22(25-18-24-4)20-15-11-12-16-21(20)23/h8-16,22H,5-7,17-18H2,1-4H3/t22-,23-/m1/s1. The molecule has 26 heavy (non-hydrogen) atoms. The van der Waals surface area contributed by atoms with Crippen LogP contribution < -0.4 is 0 Å². The van der Waals surface area contributed by atoms with E-state index < -0.39 is 8.07 Å². The topological polar surface area (TPSA) is 18.5 Å². The molecule has 140 valence electrons. The Balaban J connectivity index is 2.26. The van der Waals surface area contributed by atoms with Gasteiger partial charge in [-0.05, 0) is 23.1 Å². The lowest BCUT2D eigenvalue weighted by Gasteiger charge is -2.48. The molecule has 2 aromatic rings. The van der Waals surface area contributed by atoms with E-state index in [1.807, 2.05) is 0 Å². The summed E-state index contributed by atoms with van der Waals surface area (Å²) >= 11 is 0. The number of methoxy groups -OCH3 is 1. The molecule has 0 N–H and O–H groups in total. The van der Waals surface area contributed by atoms with Gasteiger partial charge in [0.25, 0.3) is 0 Å². The van der Waals surface area contributed by atoms with E-state index in [1.165, 1.54) is 34.8 Å². The van der Waals surface area contributed by atoms with Crippen LogP contribution >= 0.6 is 0 Å². The fourth-order valence-electron chi connectivity index (χ4n) is 5.42. The van der Waals surface area contributed by atoms with Gasteiger partial charge < -0.3 is 9.47 Å². The van der Waals surface area contributed by atoms with Gasteiger partial charge in [-0.15, -0.1) is 0 Å². The Kier molecular flexibility index (Phi) is 6.01. The molecule has 0 aromatic heterocycles. The quantitative estimate of drug-likeness (QED) is 0.415. The Bertz CT molecular complexity index is 703. The predicted molar refractivity (Wildman–Crippen MR) is 111 cm³/mol. The van der Waals surface area contributed by atoms with Crippen LogP contribution in [0.5, 0.6) is 0 Å². The molecule has 0 saturated heterocycles. The molecule has 2 aromatic carbocycles. The molecule has 3 heteroatoms. The summed E-state index contributed by atoms with van der Waals surface area (Å²) in [5.41, 5.74) is 4.35. The molecule has 0 aliphatic heterocycles. The van der Waals surface area contributed by atoms with Crippen LogP contribution in [0.3, 0.4) is 0 Å². The second kappa shape index (κ2) is 8.08. The smallest absolute Gasteiger partial charge is 0.147 e. The van der Waals surface area contributed by atoms with Crippen LogP contribution in [0.25, 0.3) is 0 Å². The number of hydrogen-bond donors (Lipinski definition) is 0. The first-order valence-corrected chi connectivity index (χ1v) is 12.6. The Hall–Kier alpha value is -1.42. The largest absolute Gasteiger partial charge is 0.359 e. The van der Waals surface area contributed by atoms with Crippen LogP contribution in [0.4, 0.5) is 0 Å². The highest BCUT2D eigenvalue weighted by molar-refractivity contribution is 6.83. The molecule has 0 unspecified atom stereocenters. The van der Waals surface area contributed by atoms with E-state index in [-0.39, 0.29) is 11.1 Å². The second-order valence-electron chi connectivity index (χ2n) is 7.47. The number of hydrogen-bond acceptors (Lipinski definition) is 2. The van der Waals surface area contributed by atoms with Crippen molar-refractivity contribution in [2.24, 2.45) is 0 Å². The third-order valence-corrected chi connectivity index (χ3v) is 13.5. The van der Waals surface area contributed by atoms with E-state index in [0.717, 1.165) is 6.42 Å². The second-order valence-corrected chi connectivity index (χ2v) is 13.0. The molecule has 0 radical (unpaired) electrons. The first-order chi connectivity index (χ1) is 12.7. The summed E-state index contributed by atoms with van der Waals surface area (Å²) in [6.07, 6.45) is 1.16. The highest BCUT2D eigenvalue weighted by Gasteiger charge is 2.57. The van der Waals surface area contributed by atoms with Crippen molar-refractivity contribution in [3.8, 4) is 0 Å². The van der Waals surface area contributed by atoms with E-state index >= 15 is 0 Å². The minimum absolute atomic E-state index is 0.113. The van der Waals surface area contributed by atoms with Crippen molar-refractivity contribution in [2.45, 2.75) is 56.5 Å². The van der Waals surface area contributed by atoms with Gasteiger partial charge in [-0.1, -0.05) is 93.5 Å². The minimum atomic E-state index is -1.63. The average Bonchev–Trinajstić information content (AvgIpc) is 3.05. The van der Waals surface area contributed by atoms with Crippen molar-refractivity contribution in [1.82, 2.24) is 0 Å². The lowest BCUT2D eigenvalue weighted by atomic mass is 9.91. The third kappa shape index (κ3) is 2.86. The van der Waals surface area contributed by atoms with E-state index in [2.05, 4.69) is 75.4 Å². The maximum absolute atomic E-state index is 6.18. The molecular formula is C23H32O2Si. The van der Waals surface area contributed by atoms with Gasteiger partial charge in [-0.25, -0.2) is 0 Å². The van der Waals surface area contributed by atoms with Crippen molar-refractivity contribution < 1.29 is 9.47 Å². The molecule has 0 heterocycles. The SMILES string of the molecule is CC[Si](CC)(CC)[C@@]1(c2ccccc2)C[C@@H](OCOC)c2ccccc21. The molecule has 1 aliphatic rings. The van der Waals surface area contributed by atoms with Gasteiger partial charge in [-0.2, -0.15) is 0 Å². The van der Waals surface area contributed by atoms with Gasteiger partial charge >= 0.3 is 0 Å². The predicted octanol–water partition coefficient (Wildman–Crippen LogP) is 6.09. The summed E-state index contributed by atoms with van der Waals surface area (Å²) in [6, 6.07) is 24.1. The normalized spacial score (nSPS) is 22.4. The van der Waals surface area contributed by atoms with Crippen LogP contribution in [-0.4, -0.2) is 22.0 Å². The monoisotopic (exact) mass is 368 g/mol. The average molecular weight is 369 g/mol. The zero-order chi connectivity index (χ0) is 18.6. The maximum Gasteiger partial charge on any atom is 0.147 e. The molecule has 0 fully saturated rings. The minimum Gasteiger partial charge on any atom is -0.359 e. The van der Waals surface area contributed by atoms with Crippen molar-refractivity contribution in [2.75, 3.05) is 13.9 Å². The summed E-state index contributed by atoms with van der Waals surface area (Å²) in [7, 11) is 0.0743. The number of ether oxygens (including phenoxy) is 2. The lowest BCUT2D eigenvalue weighted by molar-refractivity contribution is -0.0741. The van der Waals surface area contributed by atoms with Crippen molar-refractivity contribution >= 4 is 8.07 Å². The Morgan fingerprint density at radius 2 is 1.54 bits per heavy atom. The summed E-state index contributed by atoms with van der Waals surface area (Å²) in [5.74, 6) is 0. The lowest BCUT2D eigenvalue weighted by Crippen LogP contribution is -2.54. The highest BCUT2D eigenvalue weighted by atomic mass is 28.3. The van der Waals surface area contributed by atoms with E-state index in [9.17, 15) is 0 Å². The molecule has 0 spiro atoms. The van der Waals surface area contributed by atoms with Gasteiger partial charge in [0.1, 0.15) is 6.79 Å². The summed E-state index contributed by atoms with van der Waals surface area (Å²) in [6.45, 7) is 7.59. The van der Waals surface area contributed by atoms with Crippen LogP contribution in [0, 0.1) is 0 Å². The van der Waals surface area contributed by atoms with E-state index in [1.54, 1.807) is 7.11 Å². The third-order valence-electron chi connectivity index (χ3n) is 6.85. The number of benzene rings is 2. The number of fused-ring (bicyclic) bond motifs is 1. The van der Waals surface area contributed by atoms with Crippen molar-refractivity contribution in [1.29, 1.82) is 0 Å². The molecule has 2 atom stereocenters.